The van der Waals surface area contributed by atoms with E-state index < -0.39 is 11.5 Å². The number of primary amides is 1. The third-order valence-corrected chi connectivity index (χ3v) is 4.86. The van der Waals surface area contributed by atoms with E-state index in [1.165, 1.54) is 4.90 Å². The van der Waals surface area contributed by atoms with Gasteiger partial charge in [0.05, 0.1) is 5.69 Å². The van der Waals surface area contributed by atoms with Crippen molar-refractivity contribution >= 4 is 12.3 Å². The van der Waals surface area contributed by atoms with Gasteiger partial charge in [-0.3, -0.25) is 9.59 Å². The van der Waals surface area contributed by atoms with Gasteiger partial charge in [-0.1, -0.05) is 17.9 Å². The van der Waals surface area contributed by atoms with Crippen LogP contribution in [-0.2, 0) is 17.6 Å². The van der Waals surface area contributed by atoms with Gasteiger partial charge in [-0.05, 0) is 44.4 Å². The molecular weight excluding hydrogens is 356 g/mol. The lowest BCUT2D eigenvalue weighted by atomic mass is 10.0. The maximum atomic E-state index is 11.7. The second-order valence-corrected chi connectivity index (χ2v) is 7.31. The molecule has 0 saturated heterocycles. The van der Waals surface area contributed by atoms with Crippen molar-refractivity contribution in [2.45, 2.75) is 38.2 Å². The molecule has 0 saturated carbocycles. The van der Waals surface area contributed by atoms with Crippen molar-refractivity contribution < 1.29 is 14.7 Å². The van der Waals surface area contributed by atoms with E-state index in [-0.39, 0.29) is 0 Å². The van der Waals surface area contributed by atoms with Crippen molar-refractivity contribution in [3.63, 3.8) is 0 Å². The van der Waals surface area contributed by atoms with Gasteiger partial charge in [0, 0.05) is 36.8 Å². The van der Waals surface area contributed by atoms with E-state index in [9.17, 15) is 14.7 Å². The Kier molecular flexibility index (Phi) is 5.52. The average Bonchev–Trinajstić information content (AvgIpc) is 3.27. The molecule has 1 aliphatic carbocycles. The van der Waals surface area contributed by atoms with Crippen molar-refractivity contribution in [2.75, 3.05) is 13.6 Å². The summed E-state index contributed by atoms with van der Waals surface area (Å²) in [4.78, 5) is 23.8. The Bertz CT molecular complexity index is 966. The average molecular weight is 380 g/mol. The molecule has 7 nitrogen and oxygen atoms in total. The van der Waals surface area contributed by atoms with Crippen molar-refractivity contribution in [3.05, 3.63) is 46.8 Å². The number of amides is 2. The van der Waals surface area contributed by atoms with Gasteiger partial charge in [-0.2, -0.15) is 5.10 Å². The molecule has 1 aliphatic rings. The fourth-order valence-electron chi connectivity index (χ4n) is 3.28. The van der Waals surface area contributed by atoms with Crippen LogP contribution in [-0.4, -0.2) is 51.3 Å². The SMILES string of the molecule is CN(C=O)CCC(C)(O)C#Cc1cccc(-n2nc(C(N)=O)c3c2CCC3)c1. The molecule has 1 heterocycles. The minimum absolute atomic E-state index is 0.339. The van der Waals surface area contributed by atoms with Crippen LogP contribution >= 0.6 is 0 Å². The molecule has 1 unspecified atom stereocenters. The van der Waals surface area contributed by atoms with Gasteiger partial charge < -0.3 is 15.7 Å². The van der Waals surface area contributed by atoms with Crippen LogP contribution in [0.15, 0.2) is 24.3 Å². The number of benzene rings is 1. The van der Waals surface area contributed by atoms with E-state index in [0.717, 1.165) is 48.2 Å². The maximum absolute atomic E-state index is 11.7. The number of hydrogen-bond donors (Lipinski definition) is 2. The van der Waals surface area contributed by atoms with Crippen LogP contribution in [0, 0.1) is 11.8 Å². The molecule has 146 valence electrons. The van der Waals surface area contributed by atoms with Gasteiger partial charge >= 0.3 is 0 Å². The normalized spacial score (nSPS) is 14.5. The Labute approximate surface area is 164 Å². The van der Waals surface area contributed by atoms with Gasteiger partial charge in [0.1, 0.15) is 5.60 Å². The van der Waals surface area contributed by atoms with Crippen molar-refractivity contribution in [3.8, 4) is 17.5 Å². The van der Waals surface area contributed by atoms with Crippen LogP contribution in [0.4, 0.5) is 0 Å². The number of nitrogens with two attached hydrogens (primary N) is 1. The summed E-state index contributed by atoms with van der Waals surface area (Å²) in [7, 11) is 1.66. The minimum atomic E-state index is -1.21. The summed E-state index contributed by atoms with van der Waals surface area (Å²) in [6.07, 6.45) is 3.71. The van der Waals surface area contributed by atoms with Crippen molar-refractivity contribution in [2.24, 2.45) is 5.73 Å². The van der Waals surface area contributed by atoms with Crippen molar-refractivity contribution in [1.82, 2.24) is 14.7 Å². The van der Waals surface area contributed by atoms with Crippen LogP contribution in [0.2, 0.25) is 0 Å². The highest BCUT2D eigenvalue weighted by atomic mass is 16.3. The zero-order chi connectivity index (χ0) is 20.3. The lowest BCUT2D eigenvalue weighted by Crippen LogP contribution is -2.29. The fourth-order valence-corrected chi connectivity index (χ4v) is 3.28. The van der Waals surface area contributed by atoms with Crippen LogP contribution in [0.1, 0.15) is 47.1 Å². The fraction of sp³-hybridized carbons (Fsp3) is 0.381. The number of carbonyl (C=O) groups excluding carboxylic acids is 2. The topological polar surface area (TPSA) is 101 Å². The van der Waals surface area contributed by atoms with E-state index in [1.54, 1.807) is 18.7 Å². The monoisotopic (exact) mass is 380 g/mol. The van der Waals surface area contributed by atoms with Gasteiger partial charge in [0.25, 0.3) is 5.91 Å². The highest BCUT2D eigenvalue weighted by molar-refractivity contribution is 5.92. The molecule has 2 amide bonds. The quantitative estimate of drug-likeness (QED) is 0.577. The van der Waals surface area contributed by atoms with E-state index in [0.29, 0.717) is 18.7 Å². The summed E-state index contributed by atoms with van der Waals surface area (Å²) in [5.41, 5.74) is 8.09. The minimum Gasteiger partial charge on any atom is -0.378 e. The summed E-state index contributed by atoms with van der Waals surface area (Å²) in [5.74, 6) is 5.35. The maximum Gasteiger partial charge on any atom is 0.269 e. The predicted molar refractivity (Wildman–Crippen MR) is 105 cm³/mol. The third kappa shape index (κ3) is 4.24. The van der Waals surface area contributed by atoms with Gasteiger partial charge in [0.15, 0.2) is 5.69 Å². The third-order valence-electron chi connectivity index (χ3n) is 4.86. The Hall–Kier alpha value is -3.11. The Morgan fingerprint density at radius 3 is 2.96 bits per heavy atom. The number of aromatic nitrogens is 2. The predicted octanol–water partition coefficient (Wildman–Crippen LogP) is 1.04. The molecule has 0 spiro atoms. The molecule has 0 bridgehead atoms. The summed E-state index contributed by atoms with van der Waals surface area (Å²) in [5, 5.41) is 14.8. The van der Waals surface area contributed by atoms with E-state index in [4.69, 9.17) is 5.73 Å². The number of rotatable bonds is 6. The number of fused-ring (bicyclic) bond motifs is 1. The molecule has 0 fully saturated rings. The molecule has 3 N–H and O–H groups in total. The molecule has 3 rings (SSSR count). The smallest absolute Gasteiger partial charge is 0.269 e. The van der Waals surface area contributed by atoms with Crippen LogP contribution < -0.4 is 5.73 Å². The zero-order valence-corrected chi connectivity index (χ0v) is 16.1. The number of carbonyl (C=O) groups is 2. The van der Waals surface area contributed by atoms with Crippen LogP contribution in [0.3, 0.4) is 0 Å². The Morgan fingerprint density at radius 2 is 2.25 bits per heavy atom. The molecule has 2 aromatic rings. The summed E-state index contributed by atoms with van der Waals surface area (Å²) in [6, 6.07) is 7.49. The first kappa shape index (κ1) is 19.6. The first-order valence-electron chi connectivity index (χ1n) is 9.23. The van der Waals surface area contributed by atoms with Gasteiger partial charge in [0.2, 0.25) is 6.41 Å². The van der Waals surface area contributed by atoms with Crippen LogP contribution in [0.5, 0.6) is 0 Å². The molecular formula is C21H24N4O3. The first-order valence-corrected chi connectivity index (χ1v) is 9.23. The van der Waals surface area contributed by atoms with Crippen molar-refractivity contribution in [1.29, 1.82) is 0 Å². The summed E-state index contributed by atoms with van der Waals surface area (Å²) >= 11 is 0. The second kappa shape index (κ2) is 7.87. The van der Waals surface area contributed by atoms with Gasteiger partial charge in [-0.15, -0.1) is 0 Å². The lowest BCUT2D eigenvalue weighted by molar-refractivity contribution is -0.117. The molecule has 1 aromatic carbocycles. The van der Waals surface area contributed by atoms with Crippen LogP contribution in [0.25, 0.3) is 5.69 Å². The molecule has 0 aliphatic heterocycles. The Balaban J connectivity index is 1.86. The largest absolute Gasteiger partial charge is 0.378 e. The summed E-state index contributed by atoms with van der Waals surface area (Å²) < 4.78 is 1.77. The molecule has 0 radical (unpaired) electrons. The first-order chi connectivity index (χ1) is 13.3. The molecule has 1 aromatic heterocycles. The molecule has 7 heteroatoms. The number of hydrogen-bond acceptors (Lipinski definition) is 4. The van der Waals surface area contributed by atoms with E-state index in [1.807, 2.05) is 24.3 Å². The molecule has 28 heavy (non-hydrogen) atoms. The standard InChI is InChI=1S/C21H24N4O3/c1-21(28,11-12-24(2)14-26)10-9-15-5-3-6-16(13-15)25-18-8-4-7-17(18)19(23-25)20(22)27/h3,5-6,13-14,28H,4,7-8,11-12H2,1-2H3,(H2,22,27). The molecule has 1 atom stereocenters. The van der Waals surface area contributed by atoms with E-state index >= 15 is 0 Å². The number of aliphatic hydroxyl groups is 1. The number of nitrogens with zero attached hydrogens (tertiary/aromatic N) is 3. The van der Waals surface area contributed by atoms with Gasteiger partial charge in [-0.25, -0.2) is 4.68 Å². The zero-order valence-electron chi connectivity index (χ0n) is 16.1. The van der Waals surface area contributed by atoms with E-state index in [2.05, 4.69) is 16.9 Å². The highest BCUT2D eigenvalue weighted by Gasteiger charge is 2.25. The lowest BCUT2D eigenvalue weighted by Gasteiger charge is -2.19. The second-order valence-electron chi connectivity index (χ2n) is 7.31. The summed E-state index contributed by atoms with van der Waals surface area (Å²) in [6.45, 7) is 2.04. The Morgan fingerprint density at radius 1 is 1.46 bits per heavy atom. The highest BCUT2D eigenvalue weighted by Crippen LogP contribution is 2.27.